The quantitative estimate of drug-likeness (QED) is 0.573. The lowest BCUT2D eigenvalue weighted by Gasteiger charge is -1.90. The van der Waals surface area contributed by atoms with E-state index >= 15 is 0 Å². The van der Waals surface area contributed by atoms with Gasteiger partial charge in [0.1, 0.15) is 5.82 Å². The van der Waals surface area contributed by atoms with Crippen LogP contribution in [0.25, 0.3) is 0 Å². The minimum Gasteiger partial charge on any atom is -0.293 e. The normalized spacial score (nSPS) is 10.7. The van der Waals surface area contributed by atoms with Crippen molar-refractivity contribution in [2.75, 3.05) is 6.54 Å². The molecule has 0 radical (unpaired) electrons. The highest BCUT2D eigenvalue weighted by molar-refractivity contribution is 5.79. The van der Waals surface area contributed by atoms with Crippen molar-refractivity contribution < 1.29 is 4.39 Å². The summed E-state index contributed by atoms with van der Waals surface area (Å²) in [6.45, 7) is 2.72. The molecule has 1 rings (SSSR count). The van der Waals surface area contributed by atoms with Gasteiger partial charge in [-0.25, -0.2) is 4.39 Å². The Bertz CT molecular complexity index is 238. The van der Waals surface area contributed by atoms with Crippen molar-refractivity contribution in [2.24, 2.45) is 4.99 Å². The minimum absolute atomic E-state index is 0.210. The number of hydrogen-bond donors (Lipinski definition) is 0. The zero-order chi connectivity index (χ0) is 8.10. The highest BCUT2D eigenvalue weighted by Gasteiger charge is 1.87. The standard InChI is InChI=1S/C9H10FN/c1-2-11-7-8-3-5-9(10)6-4-8/h3-7H,2H2,1H3/i10-1. The van der Waals surface area contributed by atoms with Gasteiger partial charge in [0.2, 0.25) is 0 Å². The molecule has 0 fully saturated rings. The first-order chi connectivity index (χ1) is 5.33. The second-order valence-corrected chi connectivity index (χ2v) is 2.18. The van der Waals surface area contributed by atoms with Crippen LogP contribution < -0.4 is 0 Å². The van der Waals surface area contributed by atoms with Gasteiger partial charge >= 0.3 is 0 Å². The highest BCUT2D eigenvalue weighted by Crippen LogP contribution is 1.99. The van der Waals surface area contributed by atoms with Crippen LogP contribution in [0, 0.1) is 5.82 Å². The summed E-state index contributed by atoms with van der Waals surface area (Å²) >= 11 is 0. The zero-order valence-corrected chi connectivity index (χ0v) is 6.42. The largest absolute Gasteiger partial charge is 0.293 e. The first-order valence-corrected chi connectivity index (χ1v) is 3.58. The van der Waals surface area contributed by atoms with Crippen LogP contribution in [0.1, 0.15) is 12.5 Å². The molecule has 1 nitrogen and oxygen atoms in total. The Morgan fingerprint density at radius 2 is 2.00 bits per heavy atom. The van der Waals surface area contributed by atoms with Gasteiger partial charge in [0.15, 0.2) is 0 Å². The van der Waals surface area contributed by atoms with Crippen molar-refractivity contribution in [3.05, 3.63) is 35.6 Å². The molecule has 0 unspecified atom stereocenters. The van der Waals surface area contributed by atoms with Crippen LogP contribution in [0.2, 0.25) is 0 Å². The third-order valence-electron chi connectivity index (χ3n) is 1.29. The van der Waals surface area contributed by atoms with E-state index in [0.29, 0.717) is 0 Å². The Labute approximate surface area is 65.6 Å². The molecular formula is C9H10FN. The molecule has 0 saturated carbocycles. The van der Waals surface area contributed by atoms with E-state index in [4.69, 9.17) is 0 Å². The van der Waals surface area contributed by atoms with E-state index in [-0.39, 0.29) is 5.82 Å². The smallest absolute Gasteiger partial charge is 0.123 e. The fraction of sp³-hybridized carbons (Fsp3) is 0.222. The van der Waals surface area contributed by atoms with Crippen LogP contribution in [0.4, 0.5) is 4.39 Å². The van der Waals surface area contributed by atoms with E-state index < -0.39 is 0 Å². The van der Waals surface area contributed by atoms with Crippen LogP contribution in [0.15, 0.2) is 29.3 Å². The number of hydrogen-bond acceptors (Lipinski definition) is 1. The molecule has 0 heterocycles. The van der Waals surface area contributed by atoms with Crippen LogP contribution >= 0.6 is 0 Å². The topological polar surface area (TPSA) is 12.4 Å². The summed E-state index contributed by atoms with van der Waals surface area (Å²) in [6, 6.07) is 6.26. The van der Waals surface area contributed by atoms with E-state index in [1.54, 1.807) is 18.3 Å². The van der Waals surface area contributed by atoms with Crippen LogP contribution in [0.5, 0.6) is 0 Å². The molecule has 0 bridgehead atoms. The molecule has 1 aromatic rings. The van der Waals surface area contributed by atoms with Crippen molar-refractivity contribution in [3.63, 3.8) is 0 Å². The first kappa shape index (κ1) is 7.92. The molecule has 58 valence electrons. The van der Waals surface area contributed by atoms with E-state index in [9.17, 15) is 4.39 Å². The Hall–Kier alpha value is -1.18. The lowest BCUT2D eigenvalue weighted by Crippen LogP contribution is -1.81. The maximum Gasteiger partial charge on any atom is 0.123 e. The Morgan fingerprint density at radius 1 is 1.36 bits per heavy atom. The fourth-order valence-corrected chi connectivity index (χ4v) is 0.746. The third kappa shape index (κ3) is 2.50. The number of halogens is 1. The van der Waals surface area contributed by atoms with E-state index in [1.165, 1.54) is 12.1 Å². The summed E-state index contributed by atoms with van der Waals surface area (Å²) in [4.78, 5) is 4.02. The van der Waals surface area contributed by atoms with Gasteiger partial charge in [-0.05, 0) is 24.6 Å². The molecule has 0 atom stereocenters. The summed E-state index contributed by atoms with van der Waals surface area (Å²) in [6.07, 6.45) is 1.74. The van der Waals surface area contributed by atoms with Gasteiger partial charge in [0, 0.05) is 12.8 Å². The molecular weight excluding hydrogens is 140 g/mol. The van der Waals surface area contributed by atoms with E-state index in [1.807, 2.05) is 6.92 Å². The van der Waals surface area contributed by atoms with Gasteiger partial charge in [0.05, 0.1) is 0 Å². The maximum atomic E-state index is 12.4. The average Bonchev–Trinajstić information content (AvgIpc) is 2.04. The molecule has 0 N–H and O–H groups in total. The minimum atomic E-state index is -0.210. The van der Waals surface area contributed by atoms with Crippen LogP contribution in [-0.4, -0.2) is 12.8 Å². The predicted molar refractivity (Wildman–Crippen MR) is 44.5 cm³/mol. The Kier molecular flexibility index (Phi) is 2.78. The van der Waals surface area contributed by atoms with Gasteiger partial charge < -0.3 is 0 Å². The van der Waals surface area contributed by atoms with Gasteiger partial charge in [0.25, 0.3) is 0 Å². The molecule has 0 aliphatic rings. The molecule has 11 heavy (non-hydrogen) atoms. The molecule has 0 saturated heterocycles. The van der Waals surface area contributed by atoms with E-state index in [2.05, 4.69) is 4.99 Å². The lowest BCUT2D eigenvalue weighted by atomic mass is 10.2. The van der Waals surface area contributed by atoms with Crippen molar-refractivity contribution in [1.29, 1.82) is 0 Å². The number of aliphatic imine (C=N–C) groups is 1. The van der Waals surface area contributed by atoms with Crippen LogP contribution in [-0.2, 0) is 0 Å². The first-order valence-electron chi connectivity index (χ1n) is 3.58. The van der Waals surface area contributed by atoms with Crippen LogP contribution in [0.3, 0.4) is 0 Å². The zero-order valence-electron chi connectivity index (χ0n) is 6.42. The van der Waals surface area contributed by atoms with Crippen molar-refractivity contribution in [1.82, 2.24) is 0 Å². The van der Waals surface area contributed by atoms with Gasteiger partial charge in [-0.15, -0.1) is 0 Å². The number of rotatable bonds is 2. The maximum absolute atomic E-state index is 12.4. The molecule has 0 spiro atoms. The summed E-state index contributed by atoms with van der Waals surface area (Å²) < 4.78 is 12.4. The SMILES string of the molecule is CCN=Cc1ccc([18F])cc1. The second kappa shape index (κ2) is 3.86. The Morgan fingerprint density at radius 3 is 2.55 bits per heavy atom. The number of nitrogens with zero attached hydrogens (tertiary/aromatic N) is 1. The molecule has 0 aliphatic carbocycles. The van der Waals surface area contributed by atoms with Crippen molar-refractivity contribution in [2.45, 2.75) is 6.92 Å². The molecule has 0 aromatic heterocycles. The highest BCUT2D eigenvalue weighted by atomic mass is 18.2. The van der Waals surface area contributed by atoms with Gasteiger partial charge in [-0.1, -0.05) is 12.1 Å². The van der Waals surface area contributed by atoms with Gasteiger partial charge in [-0.2, -0.15) is 0 Å². The molecule has 1 aromatic carbocycles. The van der Waals surface area contributed by atoms with Crippen molar-refractivity contribution >= 4 is 6.21 Å². The second-order valence-electron chi connectivity index (χ2n) is 2.18. The third-order valence-corrected chi connectivity index (χ3v) is 1.29. The predicted octanol–water partition coefficient (Wildman–Crippen LogP) is 2.26. The lowest BCUT2D eigenvalue weighted by molar-refractivity contribution is 0.628. The van der Waals surface area contributed by atoms with Crippen molar-refractivity contribution in [3.8, 4) is 0 Å². The Balaban J connectivity index is 2.73. The van der Waals surface area contributed by atoms with E-state index in [0.717, 1.165) is 12.1 Å². The fourth-order valence-electron chi connectivity index (χ4n) is 0.746. The summed E-state index contributed by atoms with van der Waals surface area (Å²) in [5, 5.41) is 0. The summed E-state index contributed by atoms with van der Waals surface area (Å²) in [5.74, 6) is -0.210. The molecule has 2 heteroatoms. The van der Waals surface area contributed by atoms with Gasteiger partial charge in [-0.3, -0.25) is 4.99 Å². The number of benzene rings is 1. The monoisotopic (exact) mass is 150 g/mol. The summed E-state index contributed by atoms with van der Waals surface area (Å²) in [5.41, 5.74) is 0.938. The average molecular weight is 150 g/mol. The molecule has 0 aliphatic heterocycles. The summed E-state index contributed by atoms with van der Waals surface area (Å²) in [7, 11) is 0. The molecule has 0 amide bonds.